The first-order valence-corrected chi connectivity index (χ1v) is 16.8. The normalized spacial score (nSPS) is 13.7. The van der Waals surface area contributed by atoms with Crippen molar-refractivity contribution in [1.29, 1.82) is 0 Å². The molecule has 3 unspecified atom stereocenters. The molecular formula is C39H101N7O3. The molecule has 49 heavy (non-hydrogen) atoms. The van der Waals surface area contributed by atoms with Crippen LogP contribution in [-0.4, -0.2) is 181 Å². The molecule has 10 nitrogen and oxygen atoms in total. The molecule has 0 saturated heterocycles. The third kappa shape index (κ3) is 54.5. The van der Waals surface area contributed by atoms with E-state index in [-0.39, 0.29) is 57.8 Å². The Morgan fingerprint density at radius 3 is 0.429 bits per heavy atom. The summed E-state index contributed by atoms with van der Waals surface area (Å²) in [7, 11) is 28.7. The van der Waals surface area contributed by atoms with Crippen LogP contribution in [0.4, 0.5) is 0 Å². The zero-order valence-electron chi connectivity index (χ0n) is 36.7. The van der Waals surface area contributed by atoms with Crippen LogP contribution < -0.4 is 0 Å². The first-order chi connectivity index (χ1) is 20.1. The molecule has 3 atom stereocenters. The van der Waals surface area contributed by atoms with Crippen LogP contribution in [0, 0.1) is 0 Å². The lowest BCUT2D eigenvalue weighted by molar-refractivity contribution is -0.108. The van der Waals surface area contributed by atoms with E-state index < -0.39 is 0 Å². The van der Waals surface area contributed by atoms with Crippen LogP contribution in [0.25, 0.3) is 0 Å². The van der Waals surface area contributed by atoms with Gasteiger partial charge in [-0.3, -0.25) is 34.3 Å². The van der Waals surface area contributed by atoms with E-state index in [0.29, 0.717) is 12.3 Å². The highest BCUT2D eigenvalue weighted by Crippen LogP contribution is 2.12. The SMILES string of the molecule is C.C.C.CC(N(C)C)N(C)C.CC(N(C)C)N(C)C.CC(OC(C)(C)C)N(C)C.CC(OC(C)(C)C)N(C)C.CC(OC(C)(C)C)N(C)C. The average molecular weight is 716 g/mol. The molecule has 0 aliphatic heterocycles. The molecule has 310 valence electrons. The average Bonchev–Trinajstić information content (AvgIpc) is 2.81. The minimum Gasteiger partial charge on any atom is -0.358 e. The van der Waals surface area contributed by atoms with Crippen LogP contribution in [-0.2, 0) is 14.2 Å². The van der Waals surface area contributed by atoms with Gasteiger partial charge in [0.1, 0.15) is 18.7 Å². The van der Waals surface area contributed by atoms with Crippen molar-refractivity contribution in [1.82, 2.24) is 34.3 Å². The molecule has 0 bridgehead atoms. The first-order valence-electron chi connectivity index (χ1n) is 16.8. The maximum Gasteiger partial charge on any atom is 0.107 e. The Morgan fingerprint density at radius 2 is 0.408 bits per heavy atom. The Hall–Kier alpha value is -0.400. The third-order valence-electron chi connectivity index (χ3n) is 6.74. The zero-order valence-corrected chi connectivity index (χ0v) is 36.7. The fourth-order valence-electron chi connectivity index (χ4n) is 2.77. The summed E-state index contributed by atoms with van der Waals surface area (Å²) in [6, 6.07) is 0. The lowest BCUT2D eigenvalue weighted by Crippen LogP contribution is -2.37. The van der Waals surface area contributed by atoms with E-state index >= 15 is 0 Å². The first kappa shape index (κ1) is 66.8. The largest absolute Gasteiger partial charge is 0.358 e. The molecule has 0 aromatic heterocycles. The summed E-state index contributed by atoms with van der Waals surface area (Å²) in [6.45, 7) is 29.0. The van der Waals surface area contributed by atoms with Crippen molar-refractivity contribution >= 4 is 0 Å². The standard InChI is InChI=1S/3C8H19NO.2C6H16N2.3CH4/c3*1-7(9(5)6)10-8(2,3)4;2*1-6(7(2)3)8(4)5;;;/h3*7H,1-6H3;2*6H,1-5H3;3*1H4. The minimum absolute atomic E-state index is 0. The lowest BCUT2D eigenvalue weighted by Gasteiger charge is -2.29. The molecule has 0 heterocycles. The Labute approximate surface area is 313 Å². The van der Waals surface area contributed by atoms with Gasteiger partial charge in [0.2, 0.25) is 0 Å². The lowest BCUT2D eigenvalue weighted by atomic mass is 10.2. The summed E-state index contributed by atoms with van der Waals surface area (Å²) in [6.07, 6.45) is 1.66. The van der Waals surface area contributed by atoms with Crippen LogP contribution in [0.5, 0.6) is 0 Å². The summed E-state index contributed by atoms with van der Waals surface area (Å²) in [5, 5.41) is 0. The van der Waals surface area contributed by atoms with Gasteiger partial charge in [-0.25, -0.2) is 0 Å². The second-order valence-electron chi connectivity index (χ2n) is 16.5. The van der Waals surface area contributed by atoms with Crippen LogP contribution in [0.3, 0.4) is 0 Å². The highest BCUT2D eigenvalue weighted by Gasteiger charge is 2.17. The zero-order chi connectivity index (χ0) is 38.5. The maximum absolute atomic E-state index is 5.62. The van der Waals surface area contributed by atoms with Crippen LogP contribution in [0.1, 0.15) is 119 Å². The Morgan fingerprint density at radius 1 is 0.286 bits per heavy atom. The molecule has 0 spiro atoms. The molecule has 10 heteroatoms. The summed E-state index contributed by atoms with van der Waals surface area (Å²) in [5.41, 5.74) is -0.114. The highest BCUT2D eigenvalue weighted by molar-refractivity contribution is 4.63. The van der Waals surface area contributed by atoms with E-state index in [1.165, 1.54) is 0 Å². The predicted molar refractivity (Wildman–Crippen MR) is 226 cm³/mol. The molecule has 0 saturated carbocycles. The molecule has 0 aromatic rings. The van der Waals surface area contributed by atoms with Gasteiger partial charge in [0.15, 0.2) is 0 Å². The summed E-state index contributed by atoms with van der Waals surface area (Å²) < 4.78 is 16.9. The van der Waals surface area contributed by atoms with Crippen molar-refractivity contribution in [2.75, 3.05) is 98.7 Å². The van der Waals surface area contributed by atoms with Gasteiger partial charge >= 0.3 is 0 Å². The number of hydrogen-bond acceptors (Lipinski definition) is 10. The van der Waals surface area contributed by atoms with Crippen LogP contribution >= 0.6 is 0 Å². The second kappa shape index (κ2) is 32.3. The number of hydrogen-bond donors (Lipinski definition) is 0. The van der Waals surface area contributed by atoms with Gasteiger partial charge in [0, 0.05) is 0 Å². The molecule has 0 rings (SSSR count). The summed E-state index contributed by atoms with van der Waals surface area (Å²) in [4.78, 5) is 14.8. The monoisotopic (exact) mass is 716 g/mol. The van der Waals surface area contributed by atoms with Crippen molar-refractivity contribution in [2.24, 2.45) is 0 Å². The van der Waals surface area contributed by atoms with E-state index in [4.69, 9.17) is 14.2 Å². The van der Waals surface area contributed by atoms with Gasteiger partial charge in [-0.2, -0.15) is 0 Å². The number of ether oxygens (including phenoxy) is 3. The van der Waals surface area contributed by atoms with E-state index in [1.807, 2.05) is 77.8 Å². The molecular weight excluding hydrogens is 614 g/mol. The number of rotatable bonds is 10. The van der Waals surface area contributed by atoms with Crippen LogP contribution in [0.2, 0.25) is 0 Å². The second-order valence-corrected chi connectivity index (χ2v) is 16.5. The van der Waals surface area contributed by atoms with Gasteiger partial charge in [-0.15, -0.1) is 0 Å². The van der Waals surface area contributed by atoms with Crippen LogP contribution in [0.15, 0.2) is 0 Å². The Kier molecular flexibility index (Phi) is 44.0. The van der Waals surface area contributed by atoms with Crippen molar-refractivity contribution < 1.29 is 14.2 Å². The van der Waals surface area contributed by atoms with Crippen molar-refractivity contribution in [3.8, 4) is 0 Å². The van der Waals surface area contributed by atoms with E-state index in [0.717, 1.165) is 0 Å². The summed E-state index contributed by atoms with van der Waals surface area (Å²) >= 11 is 0. The molecule has 0 aromatic carbocycles. The molecule has 0 N–H and O–H groups in total. The van der Waals surface area contributed by atoms with Gasteiger partial charge < -0.3 is 14.2 Å². The molecule has 0 fully saturated rings. The van der Waals surface area contributed by atoms with E-state index in [9.17, 15) is 0 Å². The summed E-state index contributed by atoms with van der Waals surface area (Å²) in [5.74, 6) is 0. The van der Waals surface area contributed by atoms with Gasteiger partial charge in [0.25, 0.3) is 0 Å². The topological polar surface area (TPSA) is 50.4 Å². The van der Waals surface area contributed by atoms with Gasteiger partial charge in [-0.1, -0.05) is 22.3 Å². The van der Waals surface area contributed by atoms with E-state index in [1.54, 1.807) is 0 Å². The van der Waals surface area contributed by atoms with Crippen molar-refractivity contribution in [3.05, 3.63) is 0 Å². The quantitative estimate of drug-likeness (QED) is 0.209. The molecule has 0 aliphatic carbocycles. The molecule has 0 aliphatic rings. The Bertz CT molecular complexity index is 571. The van der Waals surface area contributed by atoms with E-state index in [2.05, 4.69) is 152 Å². The Balaban J connectivity index is -0.0000000706. The highest BCUT2D eigenvalue weighted by atomic mass is 16.5. The minimum atomic E-state index is -0.0380. The fraction of sp³-hybridized carbons (Fsp3) is 1.00. The van der Waals surface area contributed by atoms with Gasteiger partial charge in [0.05, 0.1) is 29.1 Å². The van der Waals surface area contributed by atoms with Crippen molar-refractivity contribution in [3.63, 3.8) is 0 Å². The molecule has 0 amide bonds. The number of nitrogens with zero attached hydrogens (tertiary/aromatic N) is 7. The molecule has 0 radical (unpaired) electrons. The van der Waals surface area contributed by atoms with Crippen molar-refractivity contribution in [2.45, 2.75) is 167 Å². The predicted octanol–water partition coefficient (Wildman–Crippen LogP) is 7.95. The van der Waals surface area contributed by atoms with Gasteiger partial charge in [-0.05, 0) is 196 Å². The fourth-order valence-corrected chi connectivity index (χ4v) is 2.77. The third-order valence-corrected chi connectivity index (χ3v) is 6.74. The smallest absolute Gasteiger partial charge is 0.107 e. The maximum atomic E-state index is 5.62.